The molecule has 3 rings (SSSR count). The van der Waals surface area contributed by atoms with Gasteiger partial charge in [-0.2, -0.15) is 18.3 Å². The fourth-order valence-corrected chi connectivity index (χ4v) is 3.69. The third-order valence-corrected chi connectivity index (χ3v) is 5.96. The summed E-state index contributed by atoms with van der Waals surface area (Å²) in [5.74, 6) is -0.979. The maximum absolute atomic E-state index is 13.7. The molecule has 0 fully saturated rings. The highest BCUT2D eigenvalue weighted by Gasteiger charge is 2.40. The van der Waals surface area contributed by atoms with Gasteiger partial charge in [0, 0.05) is 11.6 Å². The van der Waals surface area contributed by atoms with E-state index < -0.39 is 33.4 Å². The van der Waals surface area contributed by atoms with E-state index >= 15 is 0 Å². The van der Waals surface area contributed by atoms with E-state index in [0.29, 0.717) is 10.2 Å². The van der Waals surface area contributed by atoms with Gasteiger partial charge in [-0.25, -0.2) is 17.8 Å². The van der Waals surface area contributed by atoms with Crippen molar-refractivity contribution in [1.29, 1.82) is 0 Å². The monoisotopic (exact) mass is 472 g/mol. The van der Waals surface area contributed by atoms with E-state index in [4.69, 9.17) is 11.6 Å². The lowest BCUT2D eigenvalue weighted by Crippen LogP contribution is -2.26. The standard InChI is InChI=1S/C19H16ClF3N4O3S/c1-24-31(29,30)15-7-5-12(6-8-15)10-25-18(28)16-11-26-27(17(16)19(21,22)23)14-4-2-3-13(20)9-14/h2-9,11,24H,10H2,1H3,(H,25,28). The Morgan fingerprint density at radius 1 is 1.16 bits per heavy atom. The summed E-state index contributed by atoms with van der Waals surface area (Å²) >= 11 is 5.85. The lowest BCUT2D eigenvalue weighted by molar-refractivity contribution is -0.143. The minimum Gasteiger partial charge on any atom is -0.348 e. The Morgan fingerprint density at radius 2 is 1.84 bits per heavy atom. The van der Waals surface area contributed by atoms with Crippen molar-refractivity contribution in [2.75, 3.05) is 7.05 Å². The summed E-state index contributed by atoms with van der Waals surface area (Å²) in [4.78, 5) is 12.5. The van der Waals surface area contributed by atoms with E-state index in [1.54, 1.807) is 0 Å². The van der Waals surface area contributed by atoms with E-state index in [9.17, 15) is 26.4 Å². The Balaban J connectivity index is 1.84. The molecule has 1 amide bonds. The van der Waals surface area contributed by atoms with Gasteiger partial charge in [0.15, 0.2) is 5.69 Å². The Hall–Kier alpha value is -2.89. The van der Waals surface area contributed by atoms with Crippen LogP contribution in [-0.2, 0) is 22.7 Å². The number of aromatic nitrogens is 2. The van der Waals surface area contributed by atoms with Crippen LogP contribution in [0.1, 0.15) is 21.6 Å². The van der Waals surface area contributed by atoms with Crippen molar-refractivity contribution >= 4 is 27.5 Å². The van der Waals surface area contributed by atoms with Gasteiger partial charge in [-0.3, -0.25) is 4.79 Å². The molecule has 0 radical (unpaired) electrons. The van der Waals surface area contributed by atoms with Crippen molar-refractivity contribution in [3.8, 4) is 5.69 Å². The summed E-state index contributed by atoms with van der Waals surface area (Å²) in [5.41, 5.74) is -1.33. The zero-order chi connectivity index (χ0) is 22.8. The predicted molar refractivity (Wildman–Crippen MR) is 107 cm³/mol. The minimum absolute atomic E-state index is 0.0206. The highest BCUT2D eigenvalue weighted by atomic mass is 35.5. The number of nitrogens with zero attached hydrogens (tertiary/aromatic N) is 2. The second-order valence-corrected chi connectivity index (χ2v) is 8.65. The van der Waals surface area contributed by atoms with Gasteiger partial charge in [-0.15, -0.1) is 0 Å². The van der Waals surface area contributed by atoms with Crippen molar-refractivity contribution in [2.45, 2.75) is 17.6 Å². The maximum Gasteiger partial charge on any atom is 0.434 e. The van der Waals surface area contributed by atoms with Crippen molar-refractivity contribution in [2.24, 2.45) is 0 Å². The summed E-state index contributed by atoms with van der Waals surface area (Å²) in [5, 5.41) is 6.33. The Labute approximate surface area is 180 Å². The molecule has 0 bridgehead atoms. The summed E-state index contributed by atoms with van der Waals surface area (Å²) < 4.78 is 67.4. The molecule has 1 aromatic heterocycles. The van der Waals surface area contributed by atoms with Gasteiger partial charge >= 0.3 is 6.18 Å². The molecule has 0 saturated heterocycles. The number of carbonyl (C=O) groups is 1. The summed E-state index contributed by atoms with van der Waals surface area (Å²) in [6.45, 7) is -0.113. The average molecular weight is 473 g/mol. The van der Waals surface area contributed by atoms with Gasteiger partial charge in [0.1, 0.15) is 0 Å². The number of sulfonamides is 1. The lowest BCUT2D eigenvalue weighted by atomic mass is 10.2. The van der Waals surface area contributed by atoms with Crippen LogP contribution in [0.3, 0.4) is 0 Å². The number of carbonyl (C=O) groups excluding carboxylic acids is 1. The number of rotatable bonds is 6. The molecule has 0 atom stereocenters. The smallest absolute Gasteiger partial charge is 0.348 e. The van der Waals surface area contributed by atoms with Crippen LogP contribution in [0.5, 0.6) is 0 Å². The van der Waals surface area contributed by atoms with Crippen LogP contribution in [0.25, 0.3) is 5.69 Å². The zero-order valence-electron chi connectivity index (χ0n) is 15.9. The normalized spacial score (nSPS) is 12.0. The second kappa shape index (κ2) is 8.69. The van der Waals surface area contributed by atoms with Crippen LogP contribution in [0.15, 0.2) is 59.6 Å². The van der Waals surface area contributed by atoms with Gasteiger partial charge in [0.25, 0.3) is 5.91 Å². The first-order chi connectivity index (χ1) is 14.5. The molecule has 3 aromatic rings. The van der Waals surface area contributed by atoms with Crippen LogP contribution < -0.4 is 10.0 Å². The van der Waals surface area contributed by atoms with Crippen LogP contribution >= 0.6 is 11.6 Å². The Kier molecular flexibility index (Phi) is 6.39. The minimum atomic E-state index is -4.85. The average Bonchev–Trinajstić information content (AvgIpc) is 3.18. The predicted octanol–water partition coefficient (Wildman–Crippen LogP) is 3.38. The molecule has 0 aliphatic rings. The number of amides is 1. The first-order valence-corrected chi connectivity index (χ1v) is 10.6. The molecule has 2 aromatic carbocycles. The number of halogens is 4. The molecule has 12 heteroatoms. The molecule has 164 valence electrons. The van der Waals surface area contributed by atoms with Gasteiger partial charge in [-0.05, 0) is 42.9 Å². The highest BCUT2D eigenvalue weighted by Crippen LogP contribution is 2.34. The first kappa shape index (κ1) is 22.8. The van der Waals surface area contributed by atoms with Crippen molar-refractivity contribution < 1.29 is 26.4 Å². The SMILES string of the molecule is CNS(=O)(=O)c1ccc(CNC(=O)c2cnn(-c3cccc(Cl)c3)c2C(F)(F)F)cc1. The van der Waals surface area contributed by atoms with E-state index in [1.807, 2.05) is 0 Å². The Bertz CT molecular complexity index is 1210. The Morgan fingerprint density at radius 3 is 2.42 bits per heavy atom. The summed E-state index contributed by atoms with van der Waals surface area (Å²) in [6.07, 6.45) is -4.02. The molecule has 0 aliphatic carbocycles. The molecular formula is C19H16ClF3N4O3S. The van der Waals surface area contributed by atoms with E-state index in [2.05, 4.69) is 15.1 Å². The molecular weight excluding hydrogens is 457 g/mol. The van der Waals surface area contributed by atoms with E-state index in [0.717, 1.165) is 6.20 Å². The molecule has 0 spiro atoms. The lowest BCUT2D eigenvalue weighted by Gasteiger charge is -2.13. The number of nitrogens with one attached hydrogen (secondary N) is 2. The molecule has 7 nitrogen and oxygen atoms in total. The molecule has 0 aliphatic heterocycles. The number of benzene rings is 2. The van der Waals surface area contributed by atoms with Gasteiger partial charge in [0.2, 0.25) is 10.0 Å². The van der Waals surface area contributed by atoms with Gasteiger partial charge < -0.3 is 5.32 Å². The van der Waals surface area contributed by atoms with E-state index in [1.165, 1.54) is 55.6 Å². The molecule has 0 saturated carbocycles. The first-order valence-electron chi connectivity index (χ1n) is 8.75. The van der Waals surface area contributed by atoms with Crippen LogP contribution in [0.4, 0.5) is 13.2 Å². The zero-order valence-corrected chi connectivity index (χ0v) is 17.5. The van der Waals surface area contributed by atoms with Crippen LogP contribution in [0.2, 0.25) is 5.02 Å². The summed E-state index contributed by atoms with van der Waals surface area (Å²) in [6, 6.07) is 11.2. The number of hydrogen-bond acceptors (Lipinski definition) is 4. The fourth-order valence-electron chi connectivity index (χ4n) is 2.77. The summed E-state index contributed by atoms with van der Waals surface area (Å²) in [7, 11) is -2.35. The van der Waals surface area contributed by atoms with Crippen molar-refractivity contribution in [1.82, 2.24) is 19.8 Å². The quantitative estimate of drug-likeness (QED) is 0.575. The van der Waals surface area contributed by atoms with Gasteiger partial charge in [0.05, 0.1) is 22.3 Å². The van der Waals surface area contributed by atoms with Crippen molar-refractivity contribution in [3.63, 3.8) is 0 Å². The molecule has 2 N–H and O–H groups in total. The molecule has 0 unspecified atom stereocenters. The van der Waals surface area contributed by atoms with Gasteiger partial charge in [-0.1, -0.05) is 29.8 Å². The fraction of sp³-hybridized carbons (Fsp3) is 0.158. The van der Waals surface area contributed by atoms with Crippen LogP contribution in [0, 0.1) is 0 Å². The molecule has 31 heavy (non-hydrogen) atoms. The second-order valence-electron chi connectivity index (χ2n) is 6.33. The van der Waals surface area contributed by atoms with Crippen molar-refractivity contribution in [3.05, 3.63) is 76.6 Å². The topological polar surface area (TPSA) is 93.1 Å². The number of alkyl halides is 3. The van der Waals surface area contributed by atoms with Crippen LogP contribution in [-0.4, -0.2) is 31.2 Å². The highest BCUT2D eigenvalue weighted by molar-refractivity contribution is 7.89. The third-order valence-electron chi connectivity index (χ3n) is 4.29. The third kappa shape index (κ3) is 5.06. The largest absolute Gasteiger partial charge is 0.434 e. The molecule has 1 heterocycles. The van der Waals surface area contributed by atoms with E-state index in [-0.39, 0.29) is 22.2 Å². The number of hydrogen-bond donors (Lipinski definition) is 2. The maximum atomic E-state index is 13.7.